The van der Waals surface area contributed by atoms with Crippen LogP contribution in [0.3, 0.4) is 0 Å². The van der Waals surface area contributed by atoms with E-state index in [1.54, 1.807) is 0 Å². The molecule has 4 heteroatoms. The van der Waals surface area contributed by atoms with Crippen LogP contribution in [0, 0.1) is 0 Å². The van der Waals surface area contributed by atoms with Crippen molar-refractivity contribution >= 4 is 5.97 Å². The van der Waals surface area contributed by atoms with Crippen molar-refractivity contribution in [3.63, 3.8) is 0 Å². The van der Waals surface area contributed by atoms with E-state index in [0.29, 0.717) is 12.6 Å². The minimum absolute atomic E-state index is 0.0800. The van der Waals surface area contributed by atoms with Gasteiger partial charge in [0.05, 0.1) is 6.61 Å². The van der Waals surface area contributed by atoms with Gasteiger partial charge in [-0.25, -0.2) is 0 Å². The summed E-state index contributed by atoms with van der Waals surface area (Å²) in [5, 5.41) is 3.39. The van der Waals surface area contributed by atoms with Crippen molar-refractivity contribution in [2.45, 2.75) is 57.2 Å². The maximum atomic E-state index is 11.8. The molecule has 2 rings (SSSR count). The molecule has 0 spiro atoms. The summed E-state index contributed by atoms with van der Waals surface area (Å²) >= 11 is 0. The van der Waals surface area contributed by atoms with E-state index in [1.165, 1.54) is 25.7 Å². The van der Waals surface area contributed by atoms with Crippen molar-refractivity contribution in [3.05, 3.63) is 0 Å². The molecular formula is C13H24N2O2. The molecule has 0 aliphatic heterocycles. The van der Waals surface area contributed by atoms with Gasteiger partial charge in [0.1, 0.15) is 6.04 Å². The maximum Gasteiger partial charge on any atom is 0.323 e. The van der Waals surface area contributed by atoms with Gasteiger partial charge in [0.15, 0.2) is 0 Å². The lowest BCUT2D eigenvalue weighted by atomic mass is 10.2. The predicted octanol–water partition coefficient (Wildman–Crippen LogP) is 1.15. The molecular weight excluding hydrogens is 216 g/mol. The average molecular weight is 240 g/mol. The number of esters is 1. The molecule has 0 amide bonds. The Bertz CT molecular complexity index is 262. The molecule has 17 heavy (non-hydrogen) atoms. The van der Waals surface area contributed by atoms with Crippen LogP contribution in [0.5, 0.6) is 0 Å². The fraction of sp³-hybridized carbons (Fsp3) is 0.923. The topological polar surface area (TPSA) is 41.6 Å². The summed E-state index contributed by atoms with van der Waals surface area (Å²) in [6.07, 6.45) is 5.90. The van der Waals surface area contributed by atoms with E-state index in [0.717, 1.165) is 19.0 Å². The molecule has 0 aromatic rings. The van der Waals surface area contributed by atoms with E-state index in [2.05, 4.69) is 17.3 Å². The molecule has 98 valence electrons. The SMILES string of the molecule is CCOC(=O)C(CCN(C)C1CC1)NC1CC1. The highest BCUT2D eigenvalue weighted by Gasteiger charge is 2.31. The molecule has 1 unspecified atom stereocenters. The summed E-state index contributed by atoms with van der Waals surface area (Å²) in [4.78, 5) is 14.2. The summed E-state index contributed by atoms with van der Waals surface area (Å²) in [7, 11) is 2.15. The standard InChI is InChI=1S/C13H24N2O2/c1-3-17-13(16)12(14-10-4-5-10)8-9-15(2)11-6-7-11/h10-12,14H,3-9H2,1-2H3. The second kappa shape index (κ2) is 5.83. The quantitative estimate of drug-likeness (QED) is 0.646. The van der Waals surface area contributed by atoms with Crippen molar-refractivity contribution in [1.29, 1.82) is 0 Å². The van der Waals surface area contributed by atoms with Crippen molar-refractivity contribution < 1.29 is 9.53 Å². The summed E-state index contributed by atoms with van der Waals surface area (Å²) in [5.41, 5.74) is 0. The van der Waals surface area contributed by atoms with E-state index in [4.69, 9.17) is 4.74 Å². The number of carbonyl (C=O) groups excluding carboxylic acids is 1. The Balaban J connectivity index is 1.74. The van der Waals surface area contributed by atoms with E-state index in [-0.39, 0.29) is 12.0 Å². The zero-order valence-electron chi connectivity index (χ0n) is 10.9. The van der Waals surface area contributed by atoms with Gasteiger partial charge < -0.3 is 15.0 Å². The molecule has 2 aliphatic rings. The van der Waals surface area contributed by atoms with Crippen LogP contribution < -0.4 is 5.32 Å². The Morgan fingerprint density at radius 3 is 2.65 bits per heavy atom. The van der Waals surface area contributed by atoms with Crippen LogP contribution >= 0.6 is 0 Å². The molecule has 4 nitrogen and oxygen atoms in total. The molecule has 2 aliphatic carbocycles. The van der Waals surface area contributed by atoms with Gasteiger partial charge >= 0.3 is 5.97 Å². The highest BCUT2D eigenvalue weighted by Crippen LogP contribution is 2.26. The third-order valence-electron chi connectivity index (χ3n) is 3.53. The number of hydrogen-bond acceptors (Lipinski definition) is 4. The first-order valence-corrected chi connectivity index (χ1v) is 6.83. The largest absolute Gasteiger partial charge is 0.465 e. The Kier molecular flexibility index (Phi) is 4.40. The Morgan fingerprint density at radius 1 is 1.41 bits per heavy atom. The lowest BCUT2D eigenvalue weighted by Gasteiger charge is -2.21. The van der Waals surface area contributed by atoms with E-state index in [1.807, 2.05) is 6.92 Å². The molecule has 2 fully saturated rings. The number of hydrogen-bond donors (Lipinski definition) is 1. The molecule has 0 radical (unpaired) electrons. The van der Waals surface area contributed by atoms with E-state index < -0.39 is 0 Å². The van der Waals surface area contributed by atoms with Gasteiger partial charge in [0.25, 0.3) is 0 Å². The predicted molar refractivity (Wildman–Crippen MR) is 66.8 cm³/mol. The van der Waals surface area contributed by atoms with E-state index >= 15 is 0 Å². The Hall–Kier alpha value is -0.610. The minimum Gasteiger partial charge on any atom is -0.465 e. The van der Waals surface area contributed by atoms with Gasteiger partial charge in [0, 0.05) is 18.6 Å². The van der Waals surface area contributed by atoms with Gasteiger partial charge in [-0.2, -0.15) is 0 Å². The number of carbonyl (C=O) groups is 1. The smallest absolute Gasteiger partial charge is 0.323 e. The first-order valence-electron chi connectivity index (χ1n) is 6.83. The average Bonchev–Trinajstić information content (AvgIpc) is 3.17. The lowest BCUT2D eigenvalue weighted by molar-refractivity contribution is -0.146. The summed E-state index contributed by atoms with van der Waals surface area (Å²) in [6, 6.07) is 1.21. The Labute approximate surface area is 104 Å². The van der Waals surface area contributed by atoms with E-state index in [9.17, 15) is 4.79 Å². The number of ether oxygens (including phenoxy) is 1. The van der Waals surface area contributed by atoms with Crippen LogP contribution in [-0.2, 0) is 9.53 Å². The van der Waals surface area contributed by atoms with Crippen molar-refractivity contribution in [3.8, 4) is 0 Å². The lowest BCUT2D eigenvalue weighted by Crippen LogP contribution is -2.42. The maximum absolute atomic E-state index is 11.8. The fourth-order valence-corrected chi connectivity index (χ4v) is 2.08. The second-order valence-electron chi connectivity index (χ2n) is 5.25. The van der Waals surface area contributed by atoms with Gasteiger partial charge in [0.2, 0.25) is 0 Å². The molecule has 1 N–H and O–H groups in total. The van der Waals surface area contributed by atoms with Gasteiger partial charge in [-0.05, 0) is 46.1 Å². The van der Waals surface area contributed by atoms with Crippen LogP contribution in [0.25, 0.3) is 0 Å². The van der Waals surface area contributed by atoms with Gasteiger partial charge in [-0.15, -0.1) is 0 Å². The Morgan fingerprint density at radius 2 is 2.12 bits per heavy atom. The van der Waals surface area contributed by atoms with Crippen LogP contribution in [-0.4, -0.2) is 49.2 Å². The molecule has 0 bridgehead atoms. The molecule has 0 saturated heterocycles. The van der Waals surface area contributed by atoms with Crippen LogP contribution in [0.2, 0.25) is 0 Å². The molecule has 1 atom stereocenters. The number of nitrogens with one attached hydrogen (secondary N) is 1. The summed E-state index contributed by atoms with van der Waals surface area (Å²) < 4.78 is 5.12. The van der Waals surface area contributed by atoms with Crippen LogP contribution in [0.1, 0.15) is 39.0 Å². The van der Waals surface area contributed by atoms with Crippen molar-refractivity contribution in [1.82, 2.24) is 10.2 Å². The van der Waals surface area contributed by atoms with Crippen molar-refractivity contribution in [2.24, 2.45) is 0 Å². The minimum atomic E-state index is -0.108. The highest BCUT2D eigenvalue weighted by molar-refractivity contribution is 5.75. The van der Waals surface area contributed by atoms with Crippen LogP contribution in [0.15, 0.2) is 0 Å². The first-order chi connectivity index (χ1) is 8.20. The molecule has 0 aromatic carbocycles. The van der Waals surface area contributed by atoms with Gasteiger partial charge in [-0.3, -0.25) is 4.79 Å². The zero-order valence-corrected chi connectivity index (χ0v) is 10.9. The number of nitrogens with zero attached hydrogens (tertiary/aromatic N) is 1. The fourth-order valence-electron chi connectivity index (χ4n) is 2.08. The molecule has 0 heterocycles. The highest BCUT2D eigenvalue weighted by atomic mass is 16.5. The second-order valence-corrected chi connectivity index (χ2v) is 5.25. The third-order valence-corrected chi connectivity index (χ3v) is 3.53. The monoisotopic (exact) mass is 240 g/mol. The van der Waals surface area contributed by atoms with Gasteiger partial charge in [-0.1, -0.05) is 0 Å². The number of rotatable bonds is 8. The van der Waals surface area contributed by atoms with Crippen molar-refractivity contribution in [2.75, 3.05) is 20.2 Å². The molecule has 0 aromatic heterocycles. The van der Waals surface area contributed by atoms with Crippen LogP contribution in [0.4, 0.5) is 0 Å². The normalized spacial score (nSPS) is 21.6. The first kappa shape index (κ1) is 12.8. The third kappa shape index (κ3) is 4.28. The summed E-state index contributed by atoms with van der Waals surface area (Å²) in [5.74, 6) is -0.0800. The molecule has 2 saturated carbocycles. The summed E-state index contributed by atoms with van der Waals surface area (Å²) in [6.45, 7) is 3.32. The zero-order chi connectivity index (χ0) is 12.3.